The molecule has 0 aliphatic carbocycles. The third kappa shape index (κ3) is 5.30. The maximum absolute atomic E-state index is 12.6. The minimum absolute atomic E-state index is 0.219. The summed E-state index contributed by atoms with van der Waals surface area (Å²) in [6.45, 7) is 1.86. The molecule has 0 unspecified atom stereocenters. The first kappa shape index (κ1) is 22.5. The summed E-state index contributed by atoms with van der Waals surface area (Å²) >= 11 is 1.43. The van der Waals surface area contributed by atoms with E-state index in [0.29, 0.717) is 42.9 Å². The Bertz CT molecular complexity index is 1070. The first-order chi connectivity index (χ1) is 15.1. The van der Waals surface area contributed by atoms with E-state index in [1.807, 2.05) is 6.26 Å². The Hall–Kier alpha value is -3.18. The van der Waals surface area contributed by atoms with Crippen molar-refractivity contribution in [3.8, 4) is 0 Å². The molecule has 0 radical (unpaired) electrons. The number of hydrogen-bond acceptors (Lipinski definition) is 9. The van der Waals surface area contributed by atoms with Gasteiger partial charge in [-0.25, -0.2) is 19.4 Å². The average molecular weight is 445 g/mol. The van der Waals surface area contributed by atoms with Gasteiger partial charge in [0.2, 0.25) is 0 Å². The van der Waals surface area contributed by atoms with Gasteiger partial charge in [-0.2, -0.15) is 5.10 Å². The van der Waals surface area contributed by atoms with Crippen molar-refractivity contribution in [2.45, 2.75) is 11.7 Å². The Morgan fingerprint density at radius 1 is 1.13 bits per heavy atom. The van der Waals surface area contributed by atoms with Gasteiger partial charge in [0.1, 0.15) is 5.82 Å². The molecule has 1 aromatic carbocycles. The molecule has 3 aromatic rings. The zero-order valence-corrected chi connectivity index (χ0v) is 18.4. The number of nitrogens with zero attached hydrogens (tertiary/aromatic N) is 4. The molecule has 0 atom stereocenters. The molecule has 0 aliphatic heterocycles. The quantitative estimate of drug-likeness (QED) is 0.209. The number of ether oxygens (including phenoxy) is 2. The number of benzene rings is 1. The molecule has 0 saturated heterocycles. The minimum Gasteiger partial charge on any atom is -0.465 e. The Morgan fingerprint density at radius 3 is 2.61 bits per heavy atom. The van der Waals surface area contributed by atoms with Crippen molar-refractivity contribution >= 4 is 40.5 Å². The number of aromatic nitrogens is 4. The van der Waals surface area contributed by atoms with Crippen molar-refractivity contribution in [3.05, 3.63) is 41.6 Å². The van der Waals surface area contributed by atoms with Crippen molar-refractivity contribution in [1.29, 1.82) is 0 Å². The molecule has 2 aromatic heterocycles. The van der Waals surface area contributed by atoms with Crippen LogP contribution in [-0.4, -0.2) is 71.8 Å². The predicted molar refractivity (Wildman–Crippen MR) is 118 cm³/mol. The van der Waals surface area contributed by atoms with Crippen LogP contribution in [0.3, 0.4) is 0 Å². The van der Waals surface area contributed by atoms with Crippen molar-refractivity contribution in [2.24, 2.45) is 0 Å². The first-order valence-corrected chi connectivity index (χ1v) is 10.8. The molecular formula is C20H24N6O4S. The normalized spacial score (nSPS) is 10.8. The van der Waals surface area contributed by atoms with Gasteiger partial charge in [0, 0.05) is 20.2 Å². The van der Waals surface area contributed by atoms with Gasteiger partial charge >= 0.3 is 5.97 Å². The van der Waals surface area contributed by atoms with Crippen LogP contribution in [0.15, 0.2) is 35.6 Å². The molecule has 0 spiro atoms. The lowest BCUT2D eigenvalue weighted by Crippen LogP contribution is -2.29. The van der Waals surface area contributed by atoms with Crippen LogP contribution in [0.25, 0.3) is 11.0 Å². The minimum atomic E-state index is -0.557. The number of hydrogen-bond donors (Lipinski definition) is 2. The molecule has 0 aliphatic rings. The van der Waals surface area contributed by atoms with Crippen LogP contribution < -0.4 is 10.6 Å². The zero-order valence-electron chi connectivity index (χ0n) is 17.5. The summed E-state index contributed by atoms with van der Waals surface area (Å²) in [6.07, 6.45) is 3.60. The van der Waals surface area contributed by atoms with Gasteiger partial charge in [-0.15, -0.1) is 0 Å². The number of carbonyl (C=O) groups excluding carboxylic acids is 2. The summed E-state index contributed by atoms with van der Waals surface area (Å²) in [6, 6.07) is 6.52. The highest BCUT2D eigenvalue weighted by Gasteiger charge is 2.17. The molecule has 3 rings (SSSR count). The topological polar surface area (TPSA) is 120 Å². The molecule has 31 heavy (non-hydrogen) atoms. The molecule has 2 heterocycles. The number of methoxy groups -OCH3 is 2. The van der Waals surface area contributed by atoms with Crippen LogP contribution in [0, 0.1) is 0 Å². The summed E-state index contributed by atoms with van der Waals surface area (Å²) in [5.74, 6) is -0.230. The summed E-state index contributed by atoms with van der Waals surface area (Å²) in [4.78, 5) is 33.5. The van der Waals surface area contributed by atoms with Crippen LogP contribution in [-0.2, 0) is 16.0 Å². The second-order valence-electron chi connectivity index (χ2n) is 6.38. The lowest BCUT2D eigenvalue weighted by atomic mass is 10.1. The van der Waals surface area contributed by atoms with E-state index in [1.54, 1.807) is 42.3 Å². The van der Waals surface area contributed by atoms with Gasteiger partial charge < -0.3 is 20.1 Å². The van der Waals surface area contributed by atoms with Crippen molar-refractivity contribution in [1.82, 2.24) is 25.1 Å². The molecule has 164 valence electrons. The smallest absolute Gasteiger partial charge is 0.338 e. The van der Waals surface area contributed by atoms with Crippen LogP contribution in [0.5, 0.6) is 0 Å². The number of carbonyl (C=O) groups is 2. The molecule has 11 heteroatoms. The Morgan fingerprint density at radius 2 is 1.90 bits per heavy atom. The summed E-state index contributed by atoms with van der Waals surface area (Å²) < 4.78 is 11.5. The maximum Gasteiger partial charge on any atom is 0.338 e. The van der Waals surface area contributed by atoms with Crippen LogP contribution in [0.1, 0.15) is 20.7 Å². The third-order valence-corrected chi connectivity index (χ3v) is 4.99. The van der Waals surface area contributed by atoms with Crippen LogP contribution >= 0.6 is 11.8 Å². The predicted octanol–water partition coefficient (Wildman–Crippen LogP) is 1.82. The molecule has 0 saturated carbocycles. The van der Waals surface area contributed by atoms with Gasteiger partial charge in [-0.3, -0.25) is 4.79 Å². The summed E-state index contributed by atoms with van der Waals surface area (Å²) in [5.41, 5.74) is 1.15. The van der Waals surface area contributed by atoms with Crippen LogP contribution in [0.2, 0.25) is 0 Å². The van der Waals surface area contributed by atoms with Crippen molar-refractivity contribution in [2.75, 3.05) is 45.5 Å². The highest BCUT2D eigenvalue weighted by Crippen LogP contribution is 2.23. The standard InChI is InChI=1S/C20H24N6O4S/c1-29-11-9-21-16-15-12-23-26(17(15)25-20(24-16)31-3)10-8-22-18(27)13-6-4-5-7-14(13)19(28)30-2/h4-7,12H,8-11H2,1-3H3,(H,22,27)(H,21,24,25). The van der Waals surface area contributed by atoms with E-state index in [9.17, 15) is 9.59 Å². The average Bonchev–Trinajstić information content (AvgIpc) is 3.21. The van der Waals surface area contributed by atoms with Crippen molar-refractivity contribution < 1.29 is 19.1 Å². The van der Waals surface area contributed by atoms with E-state index in [1.165, 1.54) is 18.9 Å². The number of thioether (sulfide) groups is 1. The SMILES string of the molecule is COCCNc1nc(SC)nc2c1cnn2CCNC(=O)c1ccccc1C(=O)OC. The van der Waals surface area contributed by atoms with E-state index < -0.39 is 5.97 Å². The van der Waals surface area contributed by atoms with Gasteiger partial charge in [-0.05, 0) is 18.4 Å². The number of nitrogens with one attached hydrogen (secondary N) is 2. The molecule has 1 amide bonds. The fourth-order valence-corrected chi connectivity index (χ4v) is 3.30. The largest absolute Gasteiger partial charge is 0.465 e. The Labute approximate surface area is 183 Å². The number of esters is 1. The summed E-state index contributed by atoms with van der Waals surface area (Å²) in [5, 5.41) is 11.9. The van der Waals surface area contributed by atoms with Gasteiger partial charge in [-0.1, -0.05) is 23.9 Å². The highest BCUT2D eigenvalue weighted by molar-refractivity contribution is 7.98. The molecular weight excluding hydrogens is 420 g/mol. The van der Waals surface area contributed by atoms with Crippen molar-refractivity contribution in [3.63, 3.8) is 0 Å². The van der Waals surface area contributed by atoms with E-state index in [0.717, 1.165) is 5.39 Å². The number of amides is 1. The lowest BCUT2D eigenvalue weighted by Gasteiger charge is -2.10. The maximum atomic E-state index is 12.6. The van der Waals surface area contributed by atoms with E-state index >= 15 is 0 Å². The lowest BCUT2D eigenvalue weighted by molar-refractivity contribution is 0.0596. The number of anilines is 1. The van der Waals surface area contributed by atoms with E-state index in [2.05, 4.69) is 25.7 Å². The fraction of sp³-hybridized carbons (Fsp3) is 0.350. The second kappa shape index (κ2) is 10.7. The highest BCUT2D eigenvalue weighted by atomic mass is 32.2. The molecule has 10 nitrogen and oxygen atoms in total. The van der Waals surface area contributed by atoms with Gasteiger partial charge in [0.25, 0.3) is 5.91 Å². The zero-order chi connectivity index (χ0) is 22.2. The van der Waals surface area contributed by atoms with Crippen LogP contribution in [0.4, 0.5) is 5.82 Å². The van der Waals surface area contributed by atoms with E-state index in [-0.39, 0.29) is 17.0 Å². The Kier molecular flexibility index (Phi) is 7.79. The molecule has 2 N–H and O–H groups in total. The number of fused-ring (bicyclic) bond motifs is 1. The number of rotatable bonds is 10. The summed E-state index contributed by atoms with van der Waals surface area (Å²) in [7, 11) is 2.92. The molecule has 0 bridgehead atoms. The Balaban J connectivity index is 1.72. The molecule has 0 fully saturated rings. The van der Waals surface area contributed by atoms with E-state index in [4.69, 9.17) is 9.47 Å². The third-order valence-electron chi connectivity index (χ3n) is 4.44. The van der Waals surface area contributed by atoms with Gasteiger partial charge in [0.15, 0.2) is 10.8 Å². The monoisotopic (exact) mass is 444 g/mol. The second-order valence-corrected chi connectivity index (χ2v) is 7.15. The fourth-order valence-electron chi connectivity index (χ4n) is 2.94. The first-order valence-electron chi connectivity index (χ1n) is 9.55. The van der Waals surface area contributed by atoms with Gasteiger partial charge in [0.05, 0.1) is 43.0 Å².